The molecule has 1 amide bonds. The first-order chi connectivity index (χ1) is 8.99. The lowest BCUT2D eigenvalue weighted by atomic mass is 10.1. The molecule has 1 aliphatic rings. The van der Waals surface area contributed by atoms with Crippen LogP contribution in [0.1, 0.15) is 28.8 Å². The lowest BCUT2D eigenvalue weighted by Crippen LogP contribution is -2.38. The monoisotopic (exact) mass is 325 g/mol. The van der Waals surface area contributed by atoms with Gasteiger partial charge in [0, 0.05) is 28.3 Å². The highest BCUT2D eigenvalue weighted by atomic mass is 79.9. The maximum Gasteiger partial charge on any atom is 0.251 e. The minimum Gasteiger partial charge on any atom is -0.398 e. The van der Waals surface area contributed by atoms with Crippen LogP contribution in [0.25, 0.3) is 0 Å². The van der Waals surface area contributed by atoms with Crippen LogP contribution in [0.15, 0.2) is 16.6 Å². The Bertz CT molecular complexity index is 490. The number of rotatable bonds is 3. The summed E-state index contributed by atoms with van der Waals surface area (Å²) in [4.78, 5) is 14.5. The fraction of sp³-hybridized carbons (Fsp3) is 0.500. The van der Waals surface area contributed by atoms with Crippen molar-refractivity contribution in [3.05, 3.63) is 27.7 Å². The summed E-state index contributed by atoms with van der Waals surface area (Å²) in [5.74, 6) is -0.0502. The molecule has 1 saturated heterocycles. The highest BCUT2D eigenvalue weighted by Gasteiger charge is 2.21. The van der Waals surface area contributed by atoms with E-state index in [2.05, 4.69) is 33.2 Å². The second kappa shape index (κ2) is 5.92. The van der Waals surface area contributed by atoms with Crippen molar-refractivity contribution < 1.29 is 4.79 Å². The van der Waals surface area contributed by atoms with Crippen LogP contribution in [0.5, 0.6) is 0 Å². The van der Waals surface area contributed by atoms with E-state index in [1.807, 2.05) is 19.1 Å². The van der Waals surface area contributed by atoms with Crippen LogP contribution in [0.3, 0.4) is 0 Å². The van der Waals surface area contributed by atoms with E-state index < -0.39 is 0 Å². The Kier molecular flexibility index (Phi) is 4.47. The average molecular weight is 326 g/mol. The number of likely N-dealkylation sites (tertiary alicyclic amines) is 1. The summed E-state index contributed by atoms with van der Waals surface area (Å²) in [5.41, 5.74) is 8.00. The number of anilines is 1. The zero-order chi connectivity index (χ0) is 14.0. The summed E-state index contributed by atoms with van der Waals surface area (Å²) in [7, 11) is 2.10. The number of halogens is 1. The van der Waals surface area contributed by atoms with Crippen molar-refractivity contribution in [2.45, 2.75) is 25.8 Å². The van der Waals surface area contributed by atoms with Crippen molar-refractivity contribution >= 4 is 27.5 Å². The fourth-order valence-corrected chi connectivity index (χ4v) is 2.95. The zero-order valence-corrected chi connectivity index (χ0v) is 13.0. The molecule has 3 N–H and O–H groups in total. The molecule has 0 aromatic heterocycles. The molecule has 1 aliphatic heterocycles. The van der Waals surface area contributed by atoms with Gasteiger partial charge in [0.1, 0.15) is 0 Å². The Morgan fingerprint density at radius 1 is 1.58 bits per heavy atom. The van der Waals surface area contributed by atoms with E-state index in [0.717, 1.165) is 23.0 Å². The Morgan fingerprint density at radius 2 is 2.32 bits per heavy atom. The summed E-state index contributed by atoms with van der Waals surface area (Å²) in [6, 6.07) is 4.09. The van der Waals surface area contributed by atoms with Gasteiger partial charge < -0.3 is 16.0 Å². The molecular weight excluding hydrogens is 306 g/mol. The number of likely N-dealkylation sites (N-methyl/N-ethyl adjacent to an activating group) is 1. The van der Waals surface area contributed by atoms with Gasteiger partial charge in [-0.05, 0) is 51.1 Å². The van der Waals surface area contributed by atoms with Crippen molar-refractivity contribution in [1.82, 2.24) is 10.2 Å². The molecule has 0 spiro atoms. The lowest BCUT2D eigenvalue weighted by molar-refractivity contribution is 0.0943. The van der Waals surface area contributed by atoms with E-state index in [1.54, 1.807) is 0 Å². The number of benzene rings is 1. The minimum absolute atomic E-state index is 0.0502. The maximum atomic E-state index is 12.2. The first-order valence-electron chi connectivity index (χ1n) is 6.53. The molecule has 5 heteroatoms. The summed E-state index contributed by atoms with van der Waals surface area (Å²) < 4.78 is 0.832. The van der Waals surface area contributed by atoms with Gasteiger partial charge in [-0.25, -0.2) is 0 Å². The van der Waals surface area contributed by atoms with E-state index in [4.69, 9.17) is 5.73 Å². The molecule has 0 radical (unpaired) electrons. The van der Waals surface area contributed by atoms with E-state index >= 15 is 0 Å². The SMILES string of the molecule is Cc1c(N)cc(Br)cc1C(=O)NCC1CCCN1C. The number of nitrogens with one attached hydrogen (secondary N) is 1. The molecule has 1 fully saturated rings. The molecule has 1 heterocycles. The first-order valence-corrected chi connectivity index (χ1v) is 7.32. The van der Waals surface area contributed by atoms with Crippen molar-refractivity contribution in [2.24, 2.45) is 0 Å². The van der Waals surface area contributed by atoms with Crippen LogP contribution in [0.2, 0.25) is 0 Å². The third-order valence-electron chi connectivity index (χ3n) is 3.83. The molecule has 19 heavy (non-hydrogen) atoms. The quantitative estimate of drug-likeness (QED) is 0.837. The van der Waals surface area contributed by atoms with Crippen LogP contribution < -0.4 is 11.1 Å². The third kappa shape index (κ3) is 3.28. The summed E-state index contributed by atoms with van der Waals surface area (Å²) in [6.45, 7) is 3.68. The standard InChI is InChI=1S/C14H20BrN3O/c1-9-12(6-10(15)7-13(9)16)14(19)17-8-11-4-3-5-18(11)2/h6-7,11H,3-5,8,16H2,1-2H3,(H,17,19). The molecule has 1 aromatic carbocycles. The highest BCUT2D eigenvalue weighted by molar-refractivity contribution is 9.10. The molecule has 1 atom stereocenters. The Labute approximate surface area is 122 Å². The Morgan fingerprint density at radius 3 is 2.95 bits per heavy atom. The van der Waals surface area contributed by atoms with Gasteiger partial charge >= 0.3 is 0 Å². The van der Waals surface area contributed by atoms with Gasteiger partial charge in [0.25, 0.3) is 5.91 Å². The molecule has 0 bridgehead atoms. The molecule has 104 valence electrons. The smallest absolute Gasteiger partial charge is 0.251 e. The Hall–Kier alpha value is -1.07. The number of hydrogen-bond acceptors (Lipinski definition) is 3. The molecule has 4 nitrogen and oxygen atoms in total. The van der Waals surface area contributed by atoms with E-state index in [9.17, 15) is 4.79 Å². The van der Waals surface area contributed by atoms with Crippen LogP contribution in [0, 0.1) is 6.92 Å². The summed E-state index contributed by atoms with van der Waals surface area (Å²) in [5, 5.41) is 3.01. The van der Waals surface area contributed by atoms with Gasteiger partial charge in [0.05, 0.1) is 0 Å². The van der Waals surface area contributed by atoms with E-state index in [-0.39, 0.29) is 5.91 Å². The molecule has 0 saturated carbocycles. The number of nitrogens with zero attached hydrogens (tertiary/aromatic N) is 1. The number of nitrogens with two attached hydrogens (primary N) is 1. The highest BCUT2D eigenvalue weighted by Crippen LogP contribution is 2.23. The van der Waals surface area contributed by atoms with E-state index in [0.29, 0.717) is 23.8 Å². The summed E-state index contributed by atoms with van der Waals surface area (Å²) in [6.07, 6.45) is 2.36. The van der Waals surface area contributed by atoms with Gasteiger partial charge in [-0.15, -0.1) is 0 Å². The lowest BCUT2D eigenvalue weighted by Gasteiger charge is -2.20. The second-order valence-corrected chi connectivity index (χ2v) is 6.07. The van der Waals surface area contributed by atoms with Gasteiger partial charge in [-0.1, -0.05) is 15.9 Å². The molecule has 1 unspecified atom stereocenters. The van der Waals surface area contributed by atoms with Gasteiger partial charge in [0.15, 0.2) is 0 Å². The van der Waals surface area contributed by atoms with E-state index in [1.165, 1.54) is 6.42 Å². The number of hydrogen-bond donors (Lipinski definition) is 2. The predicted molar refractivity (Wildman–Crippen MR) is 81.3 cm³/mol. The molecular formula is C14H20BrN3O. The van der Waals surface area contributed by atoms with Gasteiger partial charge in [0.2, 0.25) is 0 Å². The fourth-order valence-electron chi connectivity index (χ4n) is 2.48. The van der Waals surface area contributed by atoms with Crippen molar-refractivity contribution in [3.8, 4) is 0 Å². The number of carbonyl (C=O) groups excluding carboxylic acids is 1. The number of amides is 1. The second-order valence-electron chi connectivity index (χ2n) is 5.15. The van der Waals surface area contributed by atoms with Crippen molar-refractivity contribution in [2.75, 3.05) is 25.9 Å². The average Bonchev–Trinajstić information content (AvgIpc) is 2.76. The Balaban J connectivity index is 2.04. The third-order valence-corrected chi connectivity index (χ3v) is 4.28. The molecule has 2 rings (SSSR count). The van der Waals surface area contributed by atoms with Crippen LogP contribution >= 0.6 is 15.9 Å². The van der Waals surface area contributed by atoms with Crippen LogP contribution in [-0.2, 0) is 0 Å². The van der Waals surface area contributed by atoms with Gasteiger partial charge in [-0.2, -0.15) is 0 Å². The van der Waals surface area contributed by atoms with Crippen LogP contribution in [-0.4, -0.2) is 37.0 Å². The van der Waals surface area contributed by atoms with Crippen molar-refractivity contribution in [1.29, 1.82) is 0 Å². The predicted octanol–water partition coefficient (Wildman–Crippen LogP) is 2.16. The maximum absolute atomic E-state index is 12.2. The topological polar surface area (TPSA) is 58.4 Å². The largest absolute Gasteiger partial charge is 0.398 e. The normalized spacial score (nSPS) is 19.6. The zero-order valence-electron chi connectivity index (χ0n) is 11.4. The minimum atomic E-state index is -0.0502. The summed E-state index contributed by atoms with van der Waals surface area (Å²) >= 11 is 3.37. The molecule has 0 aliphatic carbocycles. The van der Waals surface area contributed by atoms with Crippen molar-refractivity contribution in [3.63, 3.8) is 0 Å². The van der Waals surface area contributed by atoms with Crippen LogP contribution in [0.4, 0.5) is 5.69 Å². The number of nitrogen functional groups attached to an aromatic ring is 1. The van der Waals surface area contributed by atoms with Gasteiger partial charge in [-0.3, -0.25) is 4.79 Å². The number of carbonyl (C=O) groups is 1. The first kappa shape index (κ1) is 14.3. The molecule has 1 aromatic rings.